The fourth-order valence-corrected chi connectivity index (χ4v) is 3.17. The lowest BCUT2D eigenvalue weighted by Crippen LogP contribution is -2.16. The number of alkyl halides is 1. The van der Waals surface area contributed by atoms with Crippen molar-refractivity contribution in [1.82, 2.24) is 4.98 Å². The molecule has 162 valence electrons. The van der Waals surface area contributed by atoms with E-state index in [0.29, 0.717) is 12.3 Å². The molecule has 1 aromatic carbocycles. The highest BCUT2D eigenvalue weighted by Crippen LogP contribution is 2.27. The third-order valence-corrected chi connectivity index (χ3v) is 4.41. The fourth-order valence-electron chi connectivity index (χ4n) is 3.17. The largest absolute Gasteiger partial charge is 0.376 e. The van der Waals surface area contributed by atoms with Crippen molar-refractivity contribution in [1.29, 1.82) is 0 Å². The number of pyridine rings is 1. The minimum atomic E-state index is -0.750. The van der Waals surface area contributed by atoms with Crippen LogP contribution >= 0.6 is 9.24 Å². The predicted molar refractivity (Wildman–Crippen MR) is 124 cm³/mol. The van der Waals surface area contributed by atoms with Gasteiger partial charge in [0.25, 0.3) is 5.91 Å². The minimum Gasteiger partial charge on any atom is -0.376 e. The van der Waals surface area contributed by atoms with Crippen LogP contribution in [0.4, 0.5) is 10.1 Å². The summed E-state index contributed by atoms with van der Waals surface area (Å²) in [5, 5.41) is 2.96. The summed E-state index contributed by atoms with van der Waals surface area (Å²) in [4.78, 5) is 21.6. The molecule has 3 unspecified atom stereocenters. The molecular formula is C23H31FN3O2P. The van der Waals surface area contributed by atoms with Gasteiger partial charge in [0, 0.05) is 24.2 Å². The van der Waals surface area contributed by atoms with Crippen LogP contribution in [-0.4, -0.2) is 35.7 Å². The fraction of sp³-hybridized carbons (Fsp3) is 0.435. The summed E-state index contributed by atoms with van der Waals surface area (Å²) in [6.07, 6.45) is 3.63. The molecule has 0 bridgehead atoms. The number of anilines is 1. The predicted octanol–water partition coefficient (Wildman–Crippen LogP) is 5.44. The molecule has 1 N–H and O–H groups in total. The van der Waals surface area contributed by atoms with Crippen LogP contribution in [0.15, 0.2) is 41.5 Å². The summed E-state index contributed by atoms with van der Waals surface area (Å²) in [5.41, 5.74) is 5.25. The van der Waals surface area contributed by atoms with Gasteiger partial charge in [-0.1, -0.05) is 18.2 Å². The average Bonchev–Trinajstić information content (AvgIpc) is 2.64. The number of carbonyl (C=O) groups excluding carboxylic acids is 1. The Kier molecular flexibility index (Phi) is 9.54. The lowest BCUT2D eigenvalue weighted by atomic mass is 10.0. The summed E-state index contributed by atoms with van der Waals surface area (Å²) >= 11 is 0. The van der Waals surface area contributed by atoms with Gasteiger partial charge in [-0.2, -0.15) is 0 Å². The molecule has 5 nitrogen and oxygen atoms in total. The quantitative estimate of drug-likeness (QED) is 0.658. The Morgan fingerprint density at radius 3 is 2.73 bits per heavy atom. The van der Waals surface area contributed by atoms with Crippen molar-refractivity contribution in [3.63, 3.8) is 0 Å². The molecule has 3 rings (SSSR count). The lowest BCUT2D eigenvalue weighted by Gasteiger charge is -2.18. The van der Waals surface area contributed by atoms with Gasteiger partial charge in [0.05, 0.1) is 12.6 Å². The number of rotatable bonds is 3. The molecule has 2 aromatic rings. The summed E-state index contributed by atoms with van der Waals surface area (Å²) in [7, 11) is 1.99. The number of aromatic nitrogens is 1. The van der Waals surface area contributed by atoms with Crippen molar-refractivity contribution in [2.75, 3.05) is 18.5 Å². The zero-order valence-corrected chi connectivity index (χ0v) is 19.3. The van der Waals surface area contributed by atoms with E-state index in [9.17, 15) is 9.18 Å². The average molecular weight is 431 g/mol. The Morgan fingerprint density at radius 1 is 1.30 bits per heavy atom. The highest BCUT2D eigenvalue weighted by molar-refractivity contribution is 7.17. The SMILES string of the molecule is CC(F)P.CC1=NC(c2cccc(NC(=O)c3ncc(C)cc3C)c2)CCCOC1. The maximum Gasteiger partial charge on any atom is 0.274 e. The number of benzene rings is 1. The Hall–Kier alpha value is -2.17. The number of ether oxygens (including phenoxy) is 1. The number of halogens is 1. The van der Waals surface area contributed by atoms with Crippen molar-refractivity contribution in [2.24, 2.45) is 4.99 Å². The van der Waals surface area contributed by atoms with Gasteiger partial charge in [0.2, 0.25) is 0 Å². The molecule has 2 heterocycles. The van der Waals surface area contributed by atoms with Crippen LogP contribution in [-0.2, 0) is 4.74 Å². The van der Waals surface area contributed by atoms with Crippen molar-refractivity contribution in [3.05, 3.63) is 58.9 Å². The van der Waals surface area contributed by atoms with Gasteiger partial charge in [-0.3, -0.25) is 14.8 Å². The Balaban J connectivity index is 0.000000735. The molecule has 0 spiro atoms. The third-order valence-electron chi connectivity index (χ3n) is 4.41. The number of aliphatic imine (C=N–C) groups is 1. The third kappa shape index (κ3) is 7.92. The maximum absolute atomic E-state index is 12.6. The smallest absolute Gasteiger partial charge is 0.274 e. The molecule has 1 aromatic heterocycles. The zero-order valence-electron chi connectivity index (χ0n) is 18.1. The molecule has 3 atom stereocenters. The normalized spacial score (nSPS) is 17.5. The number of aryl methyl sites for hydroxylation is 2. The standard InChI is InChI=1S/C21H25N3O2.C2H6FP/c1-14-10-15(2)20(22-12-14)21(25)24-18-7-4-6-17(11-18)19-8-5-9-26-13-16(3)23-19;1-2(3)4/h4,6-7,10-12,19H,5,8-9,13H2,1-3H3,(H,24,25);2H,4H2,1H3. The van der Waals surface area contributed by atoms with Gasteiger partial charge >= 0.3 is 0 Å². The minimum absolute atomic E-state index is 0.106. The van der Waals surface area contributed by atoms with Gasteiger partial charge < -0.3 is 10.1 Å². The zero-order chi connectivity index (χ0) is 22.1. The summed E-state index contributed by atoms with van der Waals surface area (Å²) in [6, 6.07) is 10.00. The van der Waals surface area contributed by atoms with E-state index >= 15 is 0 Å². The highest BCUT2D eigenvalue weighted by Gasteiger charge is 2.15. The molecule has 0 fully saturated rings. The first-order valence-corrected chi connectivity index (χ1v) is 10.8. The Bertz CT molecular complexity index is 884. The van der Waals surface area contributed by atoms with E-state index in [1.54, 1.807) is 6.20 Å². The first-order chi connectivity index (χ1) is 14.3. The molecule has 7 heteroatoms. The van der Waals surface area contributed by atoms with E-state index in [4.69, 9.17) is 9.73 Å². The first kappa shape index (κ1) is 24.1. The molecule has 0 saturated heterocycles. The summed E-state index contributed by atoms with van der Waals surface area (Å²) in [5.74, 6) is -0.939. The molecule has 0 radical (unpaired) electrons. The van der Waals surface area contributed by atoms with Crippen LogP contribution in [0.2, 0.25) is 0 Å². The van der Waals surface area contributed by atoms with E-state index in [1.807, 2.05) is 54.3 Å². The number of carbonyl (C=O) groups is 1. The van der Waals surface area contributed by atoms with Gasteiger partial charge in [-0.15, -0.1) is 9.24 Å². The summed E-state index contributed by atoms with van der Waals surface area (Å²) < 4.78 is 16.5. The number of nitrogens with zero attached hydrogens (tertiary/aromatic N) is 2. The molecule has 0 aliphatic carbocycles. The molecule has 1 amide bonds. The van der Waals surface area contributed by atoms with Gasteiger partial charge in [-0.25, -0.2) is 4.39 Å². The van der Waals surface area contributed by atoms with Crippen LogP contribution in [0.25, 0.3) is 0 Å². The van der Waals surface area contributed by atoms with Crippen LogP contribution in [0.5, 0.6) is 0 Å². The van der Waals surface area contributed by atoms with Gasteiger partial charge in [0.15, 0.2) is 0 Å². The first-order valence-electron chi connectivity index (χ1n) is 10.1. The van der Waals surface area contributed by atoms with E-state index < -0.39 is 5.91 Å². The van der Waals surface area contributed by atoms with Crippen LogP contribution < -0.4 is 5.32 Å². The Morgan fingerprint density at radius 2 is 2.03 bits per heavy atom. The monoisotopic (exact) mass is 431 g/mol. The van der Waals surface area contributed by atoms with E-state index in [1.165, 1.54) is 6.92 Å². The number of hydrogen-bond donors (Lipinski definition) is 1. The van der Waals surface area contributed by atoms with Gasteiger partial charge in [-0.05, 0) is 69.4 Å². The maximum atomic E-state index is 12.6. The highest BCUT2D eigenvalue weighted by atomic mass is 31.0. The number of amides is 1. The Labute approximate surface area is 180 Å². The number of hydrogen-bond acceptors (Lipinski definition) is 4. The molecule has 1 aliphatic rings. The van der Waals surface area contributed by atoms with E-state index in [0.717, 1.165) is 47.5 Å². The summed E-state index contributed by atoms with van der Waals surface area (Å²) in [6.45, 7) is 8.68. The molecule has 1 aliphatic heterocycles. The van der Waals surface area contributed by atoms with E-state index in [-0.39, 0.29) is 11.9 Å². The second-order valence-corrected chi connectivity index (χ2v) is 8.43. The second kappa shape index (κ2) is 11.9. The second-order valence-electron chi connectivity index (χ2n) is 7.51. The van der Waals surface area contributed by atoms with Crippen molar-refractivity contribution in [3.8, 4) is 0 Å². The van der Waals surface area contributed by atoms with Crippen molar-refractivity contribution in [2.45, 2.75) is 52.5 Å². The molecule has 30 heavy (non-hydrogen) atoms. The molecular weight excluding hydrogens is 400 g/mol. The lowest BCUT2D eigenvalue weighted by molar-refractivity contribution is 0.102. The van der Waals surface area contributed by atoms with Crippen molar-refractivity contribution < 1.29 is 13.9 Å². The van der Waals surface area contributed by atoms with E-state index in [2.05, 4.69) is 16.4 Å². The van der Waals surface area contributed by atoms with Crippen molar-refractivity contribution >= 4 is 26.5 Å². The molecule has 0 saturated carbocycles. The van der Waals surface area contributed by atoms with Crippen LogP contribution in [0, 0.1) is 13.8 Å². The van der Waals surface area contributed by atoms with Gasteiger partial charge in [0.1, 0.15) is 11.6 Å². The topological polar surface area (TPSA) is 63.6 Å². The van der Waals surface area contributed by atoms with Crippen LogP contribution in [0.1, 0.15) is 59.9 Å². The van der Waals surface area contributed by atoms with Crippen LogP contribution in [0.3, 0.4) is 0 Å². The number of nitrogens with one attached hydrogen (secondary N) is 1.